The van der Waals surface area contributed by atoms with Gasteiger partial charge in [0, 0.05) is 24.0 Å². The molecule has 1 heterocycles. The van der Waals surface area contributed by atoms with Crippen LogP contribution in [0.3, 0.4) is 0 Å². The van der Waals surface area contributed by atoms with Crippen molar-refractivity contribution in [3.63, 3.8) is 0 Å². The minimum Gasteiger partial charge on any atom is -0.355 e. The summed E-state index contributed by atoms with van der Waals surface area (Å²) in [6.07, 6.45) is 1.52. The smallest absolute Gasteiger partial charge is 0.236 e. The molecule has 7 heteroatoms. The van der Waals surface area contributed by atoms with E-state index in [-0.39, 0.29) is 30.0 Å². The fourth-order valence-electron chi connectivity index (χ4n) is 3.70. The second-order valence-corrected chi connectivity index (χ2v) is 9.51. The Kier molecular flexibility index (Phi) is 4.86. The quantitative estimate of drug-likeness (QED) is 0.804. The summed E-state index contributed by atoms with van der Waals surface area (Å²) in [5.74, 6) is -0.0523. The van der Waals surface area contributed by atoms with Crippen molar-refractivity contribution in [2.45, 2.75) is 18.8 Å². The first-order chi connectivity index (χ1) is 13.0. The van der Waals surface area contributed by atoms with E-state index >= 15 is 0 Å². The van der Waals surface area contributed by atoms with Crippen LogP contribution in [0.15, 0.2) is 48.5 Å². The summed E-state index contributed by atoms with van der Waals surface area (Å²) in [5, 5.41) is 3.46. The topological polar surface area (TPSA) is 66.5 Å². The Labute approximate surface area is 164 Å². The fraction of sp³-hybridized carbons (Fsp3) is 0.350. The first kappa shape index (κ1) is 18.3. The number of anilines is 1. The lowest BCUT2D eigenvalue weighted by Gasteiger charge is -2.19. The maximum atomic E-state index is 12.6. The second kappa shape index (κ2) is 7.17. The highest BCUT2D eigenvalue weighted by Gasteiger charge is 2.43. The zero-order valence-corrected chi connectivity index (χ0v) is 16.3. The second-order valence-electron chi connectivity index (χ2n) is 7.06. The van der Waals surface area contributed by atoms with Gasteiger partial charge in [0.05, 0.1) is 11.4 Å². The third kappa shape index (κ3) is 3.82. The normalized spacial score (nSPS) is 21.0. The van der Waals surface area contributed by atoms with Crippen LogP contribution in [0.1, 0.15) is 23.5 Å². The molecular weight excluding hydrogens is 384 g/mol. The molecule has 27 heavy (non-hydrogen) atoms. The SMILES string of the molecule is O=C(NCCS(=O)(=O)N1CCc2ccccc21)C1CC1c1ccc(Cl)cc1. The molecule has 0 saturated heterocycles. The third-order valence-electron chi connectivity index (χ3n) is 5.26. The summed E-state index contributed by atoms with van der Waals surface area (Å²) in [4.78, 5) is 12.3. The molecule has 2 aromatic rings. The predicted octanol–water partition coefficient (Wildman–Crippen LogP) is 2.95. The molecule has 0 aromatic heterocycles. The number of carbonyl (C=O) groups is 1. The van der Waals surface area contributed by atoms with E-state index in [0.29, 0.717) is 11.6 Å². The van der Waals surface area contributed by atoms with Gasteiger partial charge in [0.1, 0.15) is 0 Å². The number of carbonyl (C=O) groups excluding carboxylic acids is 1. The van der Waals surface area contributed by atoms with Gasteiger partial charge in [-0.3, -0.25) is 9.10 Å². The zero-order valence-electron chi connectivity index (χ0n) is 14.8. The van der Waals surface area contributed by atoms with Crippen molar-refractivity contribution in [3.05, 3.63) is 64.7 Å². The first-order valence-electron chi connectivity index (χ1n) is 9.07. The Balaban J connectivity index is 1.30. The van der Waals surface area contributed by atoms with E-state index in [4.69, 9.17) is 11.6 Å². The lowest BCUT2D eigenvalue weighted by Crippen LogP contribution is -2.37. The van der Waals surface area contributed by atoms with Crippen molar-refractivity contribution in [3.8, 4) is 0 Å². The lowest BCUT2D eigenvalue weighted by atomic mass is 10.1. The number of sulfonamides is 1. The number of hydrogen-bond acceptors (Lipinski definition) is 3. The Morgan fingerprint density at radius 3 is 2.67 bits per heavy atom. The molecule has 142 valence electrons. The lowest BCUT2D eigenvalue weighted by molar-refractivity contribution is -0.122. The van der Waals surface area contributed by atoms with Crippen LogP contribution in [0.25, 0.3) is 0 Å². The van der Waals surface area contributed by atoms with Gasteiger partial charge in [-0.25, -0.2) is 8.42 Å². The van der Waals surface area contributed by atoms with Gasteiger partial charge in [0.25, 0.3) is 0 Å². The van der Waals surface area contributed by atoms with Gasteiger partial charge in [0.2, 0.25) is 15.9 Å². The number of hydrogen-bond donors (Lipinski definition) is 1. The molecule has 2 aromatic carbocycles. The van der Waals surface area contributed by atoms with Crippen LogP contribution in [-0.2, 0) is 21.2 Å². The molecule has 2 unspecified atom stereocenters. The van der Waals surface area contributed by atoms with Crippen LogP contribution in [0.4, 0.5) is 5.69 Å². The molecule has 2 aliphatic rings. The predicted molar refractivity (Wildman–Crippen MR) is 107 cm³/mol. The molecule has 2 atom stereocenters. The van der Waals surface area contributed by atoms with Gasteiger partial charge >= 0.3 is 0 Å². The number of halogens is 1. The van der Waals surface area contributed by atoms with E-state index in [2.05, 4.69) is 5.32 Å². The molecule has 0 bridgehead atoms. The number of rotatable bonds is 6. The molecule has 1 N–H and O–H groups in total. The number of nitrogens with zero attached hydrogens (tertiary/aromatic N) is 1. The summed E-state index contributed by atoms with van der Waals surface area (Å²) in [6.45, 7) is 0.598. The van der Waals surface area contributed by atoms with E-state index < -0.39 is 10.0 Å². The maximum Gasteiger partial charge on any atom is 0.236 e. The minimum absolute atomic E-state index is 0.0769. The maximum absolute atomic E-state index is 12.6. The van der Waals surface area contributed by atoms with Gasteiger partial charge in [-0.15, -0.1) is 0 Å². The van der Waals surface area contributed by atoms with E-state index in [1.165, 1.54) is 4.31 Å². The number of benzene rings is 2. The Bertz CT molecular complexity index is 959. The van der Waals surface area contributed by atoms with Gasteiger partial charge in [-0.1, -0.05) is 41.9 Å². The first-order valence-corrected chi connectivity index (χ1v) is 11.1. The van der Waals surface area contributed by atoms with Gasteiger partial charge in [-0.05, 0) is 48.1 Å². The van der Waals surface area contributed by atoms with E-state index in [1.807, 2.05) is 48.5 Å². The summed E-state index contributed by atoms with van der Waals surface area (Å²) < 4.78 is 26.7. The molecular formula is C20H21ClN2O3S. The third-order valence-corrected chi connectivity index (χ3v) is 7.29. The number of nitrogens with one attached hydrogen (secondary N) is 1. The van der Waals surface area contributed by atoms with Gasteiger partial charge in [-0.2, -0.15) is 0 Å². The molecule has 1 amide bonds. The van der Waals surface area contributed by atoms with Gasteiger partial charge < -0.3 is 5.32 Å². The monoisotopic (exact) mass is 404 g/mol. The average molecular weight is 405 g/mol. The highest BCUT2D eigenvalue weighted by Crippen LogP contribution is 2.47. The Morgan fingerprint density at radius 2 is 1.89 bits per heavy atom. The molecule has 0 spiro atoms. The van der Waals surface area contributed by atoms with Crippen LogP contribution in [-0.4, -0.2) is 33.2 Å². The molecule has 1 aliphatic carbocycles. The average Bonchev–Trinajstić information content (AvgIpc) is 3.33. The molecule has 1 fully saturated rings. The summed E-state index contributed by atoms with van der Waals surface area (Å²) in [6, 6.07) is 15.1. The van der Waals surface area contributed by atoms with Crippen molar-refractivity contribution in [1.29, 1.82) is 0 Å². The molecule has 4 rings (SSSR count). The van der Waals surface area contributed by atoms with E-state index in [1.54, 1.807) is 0 Å². The molecule has 1 aliphatic heterocycles. The van der Waals surface area contributed by atoms with E-state index in [9.17, 15) is 13.2 Å². The van der Waals surface area contributed by atoms with Crippen molar-refractivity contribution in [1.82, 2.24) is 5.32 Å². The van der Waals surface area contributed by atoms with Crippen LogP contribution in [0.2, 0.25) is 5.02 Å². The highest BCUT2D eigenvalue weighted by molar-refractivity contribution is 7.92. The number of amides is 1. The van der Waals surface area contributed by atoms with E-state index in [0.717, 1.165) is 29.7 Å². The van der Waals surface area contributed by atoms with Crippen molar-refractivity contribution >= 4 is 33.2 Å². The molecule has 0 radical (unpaired) electrons. The fourth-order valence-corrected chi connectivity index (χ4v) is 5.26. The zero-order chi connectivity index (χ0) is 19.0. The summed E-state index contributed by atoms with van der Waals surface area (Å²) in [5.41, 5.74) is 2.91. The Morgan fingerprint density at radius 1 is 1.15 bits per heavy atom. The van der Waals surface area contributed by atoms with Crippen molar-refractivity contribution < 1.29 is 13.2 Å². The minimum atomic E-state index is -3.44. The van der Waals surface area contributed by atoms with Crippen LogP contribution < -0.4 is 9.62 Å². The van der Waals surface area contributed by atoms with Crippen molar-refractivity contribution in [2.75, 3.05) is 23.1 Å². The highest BCUT2D eigenvalue weighted by atomic mass is 35.5. The van der Waals surface area contributed by atoms with Crippen LogP contribution in [0.5, 0.6) is 0 Å². The largest absolute Gasteiger partial charge is 0.355 e. The molecule has 5 nitrogen and oxygen atoms in total. The summed E-state index contributed by atoms with van der Waals surface area (Å²) in [7, 11) is -3.44. The van der Waals surface area contributed by atoms with Crippen LogP contribution >= 0.6 is 11.6 Å². The summed E-state index contributed by atoms with van der Waals surface area (Å²) >= 11 is 5.89. The number of para-hydroxylation sites is 1. The number of fused-ring (bicyclic) bond motifs is 1. The standard InChI is InChI=1S/C20H21ClN2O3S/c21-16-7-5-14(6-8-16)17-13-18(17)20(24)22-10-12-27(25,26)23-11-9-15-3-1-2-4-19(15)23/h1-8,17-18H,9-13H2,(H,22,24). The molecule has 1 saturated carbocycles. The van der Waals surface area contributed by atoms with Crippen LogP contribution in [0, 0.1) is 5.92 Å². The van der Waals surface area contributed by atoms with Gasteiger partial charge in [0.15, 0.2) is 0 Å². The Hall–Kier alpha value is -2.05. The van der Waals surface area contributed by atoms with Crippen molar-refractivity contribution in [2.24, 2.45) is 5.92 Å².